The zero-order valence-corrected chi connectivity index (χ0v) is 11.2. The van der Waals surface area contributed by atoms with Gasteiger partial charge >= 0.3 is 0 Å². The first-order valence-corrected chi connectivity index (χ1v) is 7.09. The Morgan fingerprint density at radius 3 is 3.00 bits per heavy atom. The lowest BCUT2D eigenvalue weighted by Gasteiger charge is -2.27. The minimum absolute atomic E-state index is 0.0426. The highest BCUT2D eigenvalue weighted by molar-refractivity contribution is 5.94. The molecule has 0 unspecified atom stereocenters. The van der Waals surface area contributed by atoms with Crippen LogP contribution in [0.2, 0.25) is 0 Å². The van der Waals surface area contributed by atoms with Crippen LogP contribution >= 0.6 is 0 Å². The van der Waals surface area contributed by atoms with Gasteiger partial charge in [-0.2, -0.15) is 0 Å². The van der Waals surface area contributed by atoms with Crippen LogP contribution in [-0.2, 0) is 0 Å². The summed E-state index contributed by atoms with van der Waals surface area (Å²) in [7, 11) is 0. The molecule has 2 aromatic rings. The smallest absolute Gasteiger partial charge is 0.212 e. The maximum Gasteiger partial charge on any atom is 0.212 e. The second kappa shape index (κ2) is 4.37. The minimum Gasteiger partial charge on any atom is -0.370 e. The summed E-state index contributed by atoms with van der Waals surface area (Å²) in [6.45, 7) is 0. The molecule has 1 aromatic heterocycles. The highest BCUT2D eigenvalue weighted by Crippen LogP contribution is 2.35. The Balaban J connectivity index is 1.91. The van der Waals surface area contributed by atoms with Gasteiger partial charge in [0.2, 0.25) is 5.95 Å². The number of allylic oxidation sites excluding steroid dienone is 1. The van der Waals surface area contributed by atoms with E-state index in [-0.39, 0.29) is 6.17 Å². The van der Waals surface area contributed by atoms with E-state index in [0.29, 0.717) is 5.96 Å². The second-order valence-electron chi connectivity index (χ2n) is 5.33. The van der Waals surface area contributed by atoms with Crippen molar-refractivity contribution in [1.82, 2.24) is 9.55 Å². The lowest BCUT2D eigenvalue weighted by Crippen LogP contribution is -2.32. The molecule has 20 heavy (non-hydrogen) atoms. The van der Waals surface area contributed by atoms with E-state index in [0.717, 1.165) is 29.8 Å². The predicted molar refractivity (Wildman–Crippen MR) is 80.6 cm³/mol. The normalized spacial score (nSPS) is 21.9. The van der Waals surface area contributed by atoms with Crippen LogP contribution in [-0.4, -0.2) is 15.5 Å². The number of anilines is 1. The summed E-state index contributed by atoms with van der Waals surface area (Å²) in [4.78, 5) is 9.22. The Kier molecular flexibility index (Phi) is 2.52. The first-order valence-electron chi connectivity index (χ1n) is 7.09. The molecule has 2 heterocycles. The van der Waals surface area contributed by atoms with Crippen LogP contribution in [0.15, 0.2) is 40.9 Å². The highest BCUT2D eigenvalue weighted by Gasteiger charge is 2.26. The molecule has 1 aromatic carbocycles. The summed E-state index contributed by atoms with van der Waals surface area (Å²) in [6.07, 6.45) is 7.00. The number of hydrogen-bond acceptors (Lipinski definition) is 4. The number of aliphatic imine (C=N–C) groups is 1. The molecule has 3 N–H and O–H groups in total. The molecular weight excluding hydrogens is 250 g/mol. The molecule has 0 saturated heterocycles. The third-order valence-electron chi connectivity index (χ3n) is 4.00. The van der Waals surface area contributed by atoms with E-state index < -0.39 is 0 Å². The average molecular weight is 267 g/mol. The van der Waals surface area contributed by atoms with Crippen molar-refractivity contribution in [3.63, 3.8) is 0 Å². The zero-order chi connectivity index (χ0) is 13.5. The molecule has 4 rings (SSSR count). The lowest BCUT2D eigenvalue weighted by atomic mass is 9.97. The number of fused-ring (bicyclic) bond motifs is 3. The van der Waals surface area contributed by atoms with Crippen LogP contribution in [0, 0.1) is 0 Å². The number of aromatic nitrogens is 2. The van der Waals surface area contributed by atoms with Crippen LogP contribution in [0.25, 0.3) is 11.0 Å². The summed E-state index contributed by atoms with van der Waals surface area (Å²) >= 11 is 0. The molecule has 5 heteroatoms. The second-order valence-corrected chi connectivity index (χ2v) is 5.33. The van der Waals surface area contributed by atoms with E-state index >= 15 is 0 Å². The molecule has 1 aliphatic heterocycles. The number of para-hydroxylation sites is 2. The van der Waals surface area contributed by atoms with E-state index in [2.05, 4.69) is 32.0 Å². The Morgan fingerprint density at radius 2 is 2.15 bits per heavy atom. The summed E-state index contributed by atoms with van der Waals surface area (Å²) in [5.41, 5.74) is 9.35. The van der Waals surface area contributed by atoms with Crippen molar-refractivity contribution in [3.05, 3.63) is 35.9 Å². The van der Waals surface area contributed by atoms with E-state index in [1.807, 2.05) is 18.2 Å². The van der Waals surface area contributed by atoms with Gasteiger partial charge in [0.05, 0.1) is 11.0 Å². The minimum atomic E-state index is -0.0426. The molecule has 2 aliphatic rings. The topological polar surface area (TPSA) is 68.2 Å². The number of rotatable bonds is 1. The van der Waals surface area contributed by atoms with Gasteiger partial charge in [0.15, 0.2) is 12.1 Å². The van der Waals surface area contributed by atoms with Gasteiger partial charge in [-0.1, -0.05) is 18.2 Å². The quantitative estimate of drug-likeness (QED) is 0.781. The van der Waals surface area contributed by atoms with Crippen molar-refractivity contribution in [2.24, 2.45) is 10.7 Å². The maximum atomic E-state index is 5.93. The fourth-order valence-corrected chi connectivity index (χ4v) is 3.06. The predicted octanol–water partition coefficient (Wildman–Crippen LogP) is 2.78. The molecule has 0 fully saturated rings. The Morgan fingerprint density at radius 1 is 1.25 bits per heavy atom. The van der Waals surface area contributed by atoms with Crippen molar-refractivity contribution in [1.29, 1.82) is 0 Å². The fraction of sp³-hybridized carbons (Fsp3) is 0.333. The molecule has 0 saturated carbocycles. The molecule has 0 bridgehead atoms. The SMILES string of the molecule is NC1=N[C@H](C2=CCCCC2)n2c(nc3ccccc32)N1. The number of nitrogens with two attached hydrogens (primary N) is 1. The van der Waals surface area contributed by atoms with Crippen molar-refractivity contribution < 1.29 is 0 Å². The van der Waals surface area contributed by atoms with Crippen molar-refractivity contribution >= 4 is 22.9 Å². The van der Waals surface area contributed by atoms with E-state index in [9.17, 15) is 0 Å². The first-order chi connectivity index (χ1) is 9.83. The van der Waals surface area contributed by atoms with Gasteiger partial charge in [-0.3, -0.25) is 9.88 Å². The molecule has 5 nitrogen and oxygen atoms in total. The number of benzene rings is 1. The molecule has 0 radical (unpaired) electrons. The van der Waals surface area contributed by atoms with Crippen LogP contribution in [0.4, 0.5) is 5.95 Å². The standard InChI is InChI=1S/C15H17N5/c16-14-18-13(10-6-2-1-3-7-10)20-12-9-5-4-8-11(12)17-15(20)19-14/h4-6,8-9,13H,1-3,7H2,(H3,16,17,18,19)/t13-/m0/s1. The number of nitrogens with zero attached hydrogens (tertiary/aromatic N) is 3. The summed E-state index contributed by atoms with van der Waals surface area (Å²) in [6, 6.07) is 8.14. The van der Waals surface area contributed by atoms with Gasteiger partial charge in [0.25, 0.3) is 0 Å². The third kappa shape index (κ3) is 1.70. The molecule has 1 atom stereocenters. The van der Waals surface area contributed by atoms with Crippen molar-refractivity contribution in [3.8, 4) is 0 Å². The number of guanidine groups is 1. The summed E-state index contributed by atoms with van der Waals surface area (Å²) < 4.78 is 2.16. The Labute approximate surface area is 117 Å². The van der Waals surface area contributed by atoms with Crippen LogP contribution in [0.1, 0.15) is 31.8 Å². The van der Waals surface area contributed by atoms with Crippen molar-refractivity contribution in [2.45, 2.75) is 31.8 Å². The summed E-state index contributed by atoms with van der Waals surface area (Å²) in [5.74, 6) is 1.24. The van der Waals surface area contributed by atoms with Gasteiger partial charge in [0, 0.05) is 0 Å². The van der Waals surface area contributed by atoms with Gasteiger partial charge < -0.3 is 5.73 Å². The molecule has 102 valence electrons. The van der Waals surface area contributed by atoms with E-state index in [1.54, 1.807) is 0 Å². The van der Waals surface area contributed by atoms with Crippen LogP contribution < -0.4 is 11.1 Å². The van der Waals surface area contributed by atoms with Gasteiger partial charge in [0.1, 0.15) is 0 Å². The maximum absolute atomic E-state index is 5.93. The first kappa shape index (κ1) is 11.5. The number of hydrogen-bond donors (Lipinski definition) is 2. The number of nitrogens with one attached hydrogen (secondary N) is 1. The van der Waals surface area contributed by atoms with Gasteiger partial charge in [-0.05, 0) is 43.4 Å². The average Bonchev–Trinajstić information content (AvgIpc) is 2.85. The third-order valence-corrected chi connectivity index (χ3v) is 4.00. The van der Waals surface area contributed by atoms with Crippen LogP contribution in [0.3, 0.4) is 0 Å². The van der Waals surface area contributed by atoms with E-state index in [1.165, 1.54) is 18.4 Å². The molecule has 0 amide bonds. The Hall–Kier alpha value is -2.30. The molecule has 1 aliphatic carbocycles. The van der Waals surface area contributed by atoms with Crippen molar-refractivity contribution in [2.75, 3.05) is 5.32 Å². The molecule has 0 spiro atoms. The molecular formula is C15H17N5. The Bertz CT molecular complexity index is 725. The monoisotopic (exact) mass is 267 g/mol. The fourth-order valence-electron chi connectivity index (χ4n) is 3.06. The van der Waals surface area contributed by atoms with Gasteiger partial charge in [-0.25, -0.2) is 9.98 Å². The number of imidazole rings is 1. The zero-order valence-electron chi connectivity index (χ0n) is 11.2. The van der Waals surface area contributed by atoms with Crippen LogP contribution in [0.5, 0.6) is 0 Å². The largest absolute Gasteiger partial charge is 0.370 e. The lowest BCUT2D eigenvalue weighted by molar-refractivity contribution is 0.553. The van der Waals surface area contributed by atoms with Gasteiger partial charge in [-0.15, -0.1) is 0 Å². The summed E-state index contributed by atoms with van der Waals surface area (Å²) in [5, 5.41) is 3.07. The van der Waals surface area contributed by atoms with E-state index in [4.69, 9.17) is 5.73 Å². The highest BCUT2D eigenvalue weighted by atomic mass is 15.4.